The Morgan fingerprint density at radius 1 is 1.50 bits per heavy atom. The molecule has 16 heavy (non-hydrogen) atoms. The molecule has 0 aromatic heterocycles. The smallest absolute Gasteiger partial charge is 0.309 e. The lowest BCUT2D eigenvalue weighted by Crippen LogP contribution is -2.28. The summed E-state index contributed by atoms with van der Waals surface area (Å²) in [4.78, 5) is 22.8. The van der Waals surface area contributed by atoms with Crippen LogP contribution in [-0.4, -0.2) is 16.9 Å². The normalized spacial score (nSPS) is 32.2. The van der Waals surface area contributed by atoms with Crippen molar-refractivity contribution in [3.05, 3.63) is 12.2 Å². The Kier molecular flexibility index (Phi) is 2.87. The van der Waals surface area contributed by atoms with E-state index in [1.54, 1.807) is 0 Å². The Bertz CT molecular complexity index is 339. The molecular weight excluding hydrogens is 204 g/mol. The molecule has 0 amide bonds. The summed E-state index contributed by atoms with van der Waals surface area (Å²) in [5.74, 6) is -0.124. The van der Waals surface area contributed by atoms with Crippen molar-refractivity contribution in [2.24, 2.45) is 17.3 Å². The van der Waals surface area contributed by atoms with Gasteiger partial charge in [-0.3, -0.25) is 9.59 Å². The molecule has 2 saturated carbocycles. The molecule has 3 heteroatoms. The van der Waals surface area contributed by atoms with Crippen molar-refractivity contribution in [2.45, 2.75) is 39.0 Å². The van der Waals surface area contributed by atoms with Gasteiger partial charge < -0.3 is 5.11 Å². The van der Waals surface area contributed by atoms with Crippen LogP contribution in [-0.2, 0) is 9.59 Å². The van der Waals surface area contributed by atoms with E-state index in [9.17, 15) is 14.7 Å². The molecule has 0 spiro atoms. The van der Waals surface area contributed by atoms with Gasteiger partial charge in [0.1, 0.15) is 5.78 Å². The topological polar surface area (TPSA) is 54.4 Å². The average molecular weight is 222 g/mol. The van der Waals surface area contributed by atoms with Crippen molar-refractivity contribution >= 4 is 11.8 Å². The summed E-state index contributed by atoms with van der Waals surface area (Å²) in [6.07, 6.45) is 7.44. The maximum atomic E-state index is 11.5. The molecule has 2 atom stereocenters. The summed E-state index contributed by atoms with van der Waals surface area (Å²) in [6, 6.07) is 0. The summed E-state index contributed by atoms with van der Waals surface area (Å²) in [6.45, 7) is 1.95. The van der Waals surface area contributed by atoms with Crippen molar-refractivity contribution in [1.29, 1.82) is 0 Å². The molecule has 0 saturated heterocycles. The van der Waals surface area contributed by atoms with Gasteiger partial charge in [0.05, 0.1) is 5.41 Å². The molecule has 2 fully saturated rings. The first-order valence-corrected chi connectivity index (χ1v) is 5.96. The minimum Gasteiger partial charge on any atom is -0.481 e. The fourth-order valence-electron chi connectivity index (χ4n) is 3.01. The van der Waals surface area contributed by atoms with Crippen LogP contribution in [0.1, 0.15) is 39.0 Å². The first kappa shape index (κ1) is 11.4. The molecule has 2 unspecified atom stereocenters. The van der Waals surface area contributed by atoms with Crippen molar-refractivity contribution in [3.63, 3.8) is 0 Å². The van der Waals surface area contributed by atoms with Crippen LogP contribution < -0.4 is 0 Å². The number of allylic oxidation sites excluding steroid dienone is 2. The fourth-order valence-corrected chi connectivity index (χ4v) is 3.01. The zero-order chi connectivity index (χ0) is 11.8. The largest absolute Gasteiger partial charge is 0.481 e. The van der Waals surface area contributed by atoms with Gasteiger partial charge in [-0.2, -0.15) is 0 Å². The third kappa shape index (κ3) is 1.79. The van der Waals surface area contributed by atoms with Crippen LogP contribution in [0, 0.1) is 17.3 Å². The van der Waals surface area contributed by atoms with Crippen LogP contribution in [0.3, 0.4) is 0 Å². The summed E-state index contributed by atoms with van der Waals surface area (Å²) >= 11 is 0. The fraction of sp³-hybridized carbons (Fsp3) is 0.692. The molecule has 0 aromatic rings. The van der Waals surface area contributed by atoms with E-state index in [0.717, 1.165) is 19.3 Å². The molecule has 0 aliphatic heterocycles. The summed E-state index contributed by atoms with van der Waals surface area (Å²) in [5.41, 5.74) is -0.557. The van der Waals surface area contributed by atoms with Gasteiger partial charge in [-0.1, -0.05) is 12.2 Å². The quantitative estimate of drug-likeness (QED) is 0.743. The third-order valence-electron chi connectivity index (χ3n) is 4.11. The molecule has 0 aromatic carbocycles. The highest BCUT2D eigenvalue weighted by molar-refractivity contribution is 5.85. The van der Waals surface area contributed by atoms with E-state index in [2.05, 4.69) is 0 Å². The van der Waals surface area contributed by atoms with Crippen molar-refractivity contribution in [3.8, 4) is 0 Å². The van der Waals surface area contributed by atoms with E-state index in [1.165, 1.54) is 0 Å². The maximum absolute atomic E-state index is 11.5. The van der Waals surface area contributed by atoms with Gasteiger partial charge in [0.25, 0.3) is 0 Å². The van der Waals surface area contributed by atoms with E-state index < -0.39 is 11.4 Å². The molecule has 2 rings (SSSR count). The minimum absolute atomic E-state index is 0.0775. The molecule has 3 nitrogen and oxygen atoms in total. The Morgan fingerprint density at radius 2 is 2.19 bits per heavy atom. The van der Waals surface area contributed by atoms with E-state index >= 15 is 0 Å². The zero-order valence-corrected chi connectivity index (χ0v) is 9.61. The van der Waals surface area contributed by atoms with Gasteiger partial charge >= 0.3 is 5.97 Å². The average Bonchev–Trinajstić information content (AvgIpc) is 2.96. The van der Waals surface area contributed by atoms with Gasteiger partial charge in [-0.05, 0) is 38.0 Å². The molecule has 0 radical (unpaired) electrons. The van der Waals surface area contributed by atoms with Crippen LogP contribution in [0.15, 0.2) is 12.2 Å². The van der Waals surface area contributed by atoms with Crippen LogP contribution in [0.4, 0.5) is 0 Å². The standard InChI is InChI=1S/C13H18O3/c1-2-3-4-9-7-10(14)8-11(9)13(5-6-13)12(15)16/h2-3,9,11H,4-8H2,1H3,(H,15,16). The summed E-state index contributed by atoms with van der Waals surface area (Å²) in [5, 5.41) is 9.26. The van der Waals surface area contributed by atoms with Gasteiger partial charge in [-0.15, -0.1) is 0 Å². The lowest BCUT2D eigenvalue weighted by molar-refractivity contribution is -0.146. The number of carboxylic acids is 1. The lowest BCUT2D eigenvalue weighted by Gasteiger charge is -2.23. The Balaban J connectivity index is 2.12. The van der Waals surface area contributed by atoms with E-state index in [-0.39, 0.29) is 17.6 Å². The first-order chi connectivity index (χ1) is 7.60. The van der Waals surface area contributed by atoms with E-state index in [0.29, 0.717) is 12.8 Å². The molecule has 0 heterocycles. The van der Waals surface area contributed by atoms with Gasteiger partial charge in [0.2, 0.25) is 0 Å². The number of hydrogen-bond acceptors (Lipinski definition) is 2. The second-order valence-corrected chi connectivity index (χ2v) is 5.08. The third-order valence-corrected chi connectivity index (χ3v) is 4.11. The van der Waals surface area contributed by atoms with Crippen molar-refractivity contribution < 1.29 is 14.7 Å². The molecule has 0 bridgehead atoms. The summed E-state index contributed by atoms with van der Waals surface area (Å²) < 4.78 is 0. The van der Waals surface area contributed by atoms with E-state index in [4.69, 9.17) is 0 Å². The Morgan fingerprint density at radius 3 is 2.69 bits per heavy atom. The zero-order valence-electron chi connectivity index (χ0n) is 9.61. The predicted molar refractivity (Wildman–Crippen MR) is 60.0 cm³/mol. The first-order valence-electron chi connectivity index (χ1n) is 5.96. The van der Waals surface area contributed by atoms with E-state index in [1.807, 2.05) is 19.1 Å². The van der Waals surface area contributed by atoms with Crippen LogP contribution in [0.5, 0.6) is 0 Å². The van der Waals surface area contributed by atoms with Gasteiger partial charge in [0.15, 0.2) is 0 Å². The molecule has 2 aliphatic rings. The number of carboxylic acid groups (broad SMARTS) is 1. The SMILES string of the molecule is CC=CCC1CC(=O)CC1C1(C(=O)O)CC1. The van der Waals surface area contributed by atoms with Crippen molar-refractivity contribution in [1.82, 2.24) is 0 Å². The highest BCUT2D eigenvalue weighted by Crippen LogP contribution is 2.59. The second kappa shape index (κ2) is 4.04. The number of carbonyl (C=O) groups excluding carboxylic acids is 1. The highest BCUT2D eigenvalue weighted by atomic mass is 16.4. The maximum Gasteiger partial charge on any atom is 0.309 e. The number of ketones is 1. The number of rotatable bonds is 4. The number of Topliss-reactive ketones (excluding diaryl/α,β-unsaturated/α-hetero) is 1. The molecular formula is C13H18O3. The Hall–Kier alpha value is -1.12. The van der Waals surface area contributed by atoms with Gasteiger partial charge in [0, 0.05) is 12.8 Å². The van der Waals surface area contributed by atoms with Crippen LogP contribution >= 0.6 is 0 Å². The highest BCUT2D eigenvalue weighted by Gasteiger charge is 2.59. The molecule has 1 N–H and O–H groups in total. The second-order valence-electron chi connectivity index (χ2n) is 5.08. The molecule has 2 aliphatic carbocycles. The predicted octanol–water partition coefficient (Wildman–Crippen LogP) is 2.41. The monoisotopic (exact) mass is 222 g/mol. The van der Waals surface area contributed by atoms with Crippen LogP contribution in [0.25, 0.3) is 0 Å². The minimum atomic E-state index is -0.697. The number of aliphatic carboxylic acids is 1. The number of hydrogen-bond donors (Lipinski definition) is 1. The Labute approximate surface area is 95.5 Å². The van der Waals surface area contributed by atoms with Crippen LogP contribution in [0.2, 0.25) is 0 Å². The molecule has 88 valence electrons. The van der Waals surface area contributed by atoms with Crippen molar-refractivity contribution in [2.75, 3.05) is 0 Å². The lowest BCUT2D eigenvalue weighted by atomic mass is 9.79. The van der Waals surface area contributed by atoms with Gasteiger partial charge in [-0.25, -0.2) is 0 Å². The number of carbonyl (C=O) groups is 2. The summed E-state index contributed by atoms with van der Waals surface area (Å²) in [7, 11) is 0.